The van der Waals surface area contributed by atoms with Crippen LogP contribution in [0.5, 0.6) is 5.75 Å². The van der Waals surface area contributed by atoms with Gasteiger partial charge in [0.25, 0.3) is 0 Å². The molecule has 0 fully saturated rings. The molecule has 0 aliphatic heterocycles. The van der Waals surface area contributed by atoms with Gasteiger partial charge in [0.2, 0.25) is 10.0 Å². The molecule has 0 bridgehead atoms. The smallest absolute Gasteiger partial charge is 0.338 e. The molecule has 2 rings (SSSR count). The van der Waals surface area contributed by atoms with Crippen molar-refractivity contribution in [2.75, 3.05) is 7.11 Å². The maximum absolute atomic E-state index is 12.7. The number of nitrogens with one attached hydrogen (secondary N) is 1. The summed E-state index contributed by atoms with van der Waals surface area (Å²) in [6.07, 6.45) is 0. The largest absolute Gasteiger partial charge is 0.495 e. The summed E-state index contributed by atoms with van der Waals surface area (Å²) >= 11 is 0. The van der Waals surface area contributed by atoms with Gasteiger partial charge >= 0.3 is 5.97 Å². The Balaban J connectivity index is 2.28. The van der Waals surface area contributed by atoms with Crippen LogP contribution in [0.15, 0.2) is 47.4 Å². The Hall–Kier alpha value is -2.38. The molecule has 2 aromatic carbocycles. The third-order valence-electron chi connectivity index (χ3n) is 3.75. The lowest BCUT2D eigenvalue weighted by molar-refractivity contribution is 0.0472. The average Bonchev–Trinajstić information content (AvgIpc) is 2.58. The summed E-state index contributed by atoms with van der Waals surface area (Å²) in [7, 11) is -2.50. The molecule has 0 saturated heterocycles. The quantitative estimate of drug-likeness (QED) is 0.763. The highest BCUT2D eigenvalue weighted by atomic mass is 32.2. The fourth-order valence-electron chi connectivity index (χ4n) is 2.47. The number of carbonyl (C=O) groups is 1. The van der Waals surface area contributed by atoms with Crippen LogP contribution in [0, 0.1) is 6.92 Å². The van der Waals surface area contributed by atoms with Crippen LogP contribution in [-0.2, 0) is 21.4 Å². The van der Waals surface area contributed by atoms with Gasteiger partial charge in [-0.1, -0.05) is 24.3 Å². The normalized spacial score (nSPS) is 11.9. The molecule has 146 valence electrons. The number of carbonyl (C=O) groups excluding carboxylic acids is 1. The number of sulfonamides is 1. The summed E-state index contributed by atoms with van der Waals surface area (Å²) in [6.45, 7) is 7.24. The summed E-state index contributed by atoms with van der Waals surface area (Å²) in [6, 6.07) is 11.8. The van der Waals surface area contributed by atoms with E-state index in [9.17, 15) is 13.2 Å². The summed E-state index contributed by atoms with van der Waals surface area (Å²) in [4.78, 5) is 12.3. The van der Waals surface area contributed by atoms with Crippen molar-refractivity contribution in [2.45, 2.75) is 44.7 Å². The van der Waals surface area contributed by atoms with Gasteiger partial charge in [-0.3, -0.25) is 0 Å². The summed E-state index contributed by atoms with van der Waals surface area (Å²) < 4.78 is 38.4. The zero-order valence-electron chi connectivity index (χ0n) is 16.2. The molecule has 0 aromatic heterocycles. The molecular formula is C20H25NO5S. The monoisotopic (exact) mass is 391 g/mol. The second-order valence-electron chi connectivity index (χ2n) is 7.22. The summed E-state index contributed by atoms with van der Waals surface area (Å²) in [5.41, 5.74) is 1.36. The van der Waals surface area contributed by atoms with Crippen molar-refractivity contribution in [3.63, 3.8) is 0 Å². The second kappa shape index (κ2) is 8.10. The van der Waals surface area contributed by atoms with Crippen molar-refractivity contribution in [3.8, 4) is 5.75 Å². The first kappa shape index (κ1) is 20.9. The summed E-state index contributed by atoms with van der Waals surface area (Å²) in [5, 5.41) is 0. The number of benzene rings is 2. The van der Waals surface area contributed by atoms with Gasteiger partial charge in [0.1, 0.15) is 17.3 Å². The van der Waals surface area contributed by atoms with Crippen LogP contribution in [0.25, 0.3) is 0 Å². The van der Waals surface area contributed by atoms with E-state index >= 15 is 0 Å². The first-order valence-corrected chi connectivity index (χ1v) is 9.95. The average molecular weight is 391 g/mol. The van der Waals surface area contributed by atoms with Crippen molar-refractivity contribution < 1.29 is 22.7 Å². The van der Waals surface area contributed by atoms with Crippen LogP contribution >= 0.6 is 0 Å². The fourth-order valence-corrected chi connectivity index (χ4v) is 4.08. The predicted molar refractivity (Wildman–Crippen MR) is 103 cm³/mol. The van der Waals surface area contributed by atoms with Gasteiger partial charge in [-0.15, -0.1) is 0 Å². The zero-order valence-corrected chi connectivity index (χ0v) is 17.0. The highest BCUT2D eigenvalue weighted by Crippen LogP contribution is 2.26. The van der Waals surface area contributed by atoms with E-state index in [1.165, 1.54) is 25.3 Å². The number of esters is 1. The predicted octanol–water partition coefficient (Wildman–Crippen LogP) is 3.44. The molecule has 6 nitrogen and oxygen atoms in total. The maximum Gasteiger partial charge on any atom is 0.338 e. The highest BCUT2D eigenvalue weighted by Gasteiger charge is 2.26. The Kier molecular flexibility index (Phi) is 6.28. The Bertz CT molecular complexity index is 930. The van der Waals surface area contributed by atoms with Crippen LogP contribution in [0.2, 0.25) is 0 Å². The van der Waals surface area contributed by atoms with Crippen molar-refractivity contribution in [1.29, 1.82) is 0 Å². The number of hydrogen-bond acceptors (Lipinski definition) is 5. The van der Waals surface area contributed by atoms with Crippen molar-refractivity contribution >= 4 is 16.0 Å². The Labute approximate surface area is 160 Å². The molecule has 0 heterocycles. The molecule has 2 aromatic rings. The standard InChI is InChI=1S/C20H25NO5S/c1-14-8-6-7-9-16(14)13-26-19(22)15-10-11-17(25-5)18(12-15)27(23,24)21-20(2,3)4/h6-12,21H,13H2,1-5H3. The van der Waals surface area contributed by atoms with E-state index in [2.05, 4.69) is 4.72 Å². The molecule has 0 saturated carbocycles. The molecule has 7 heteroatoms. The van der Waals surface area contributed by atoms with E-state index in [-0.39, 0.29) is 22.8 Å². The number of hydrogen-bond donors (Lipinski definition) is 1. The van der Waals surface area contributed by atoms with Gasteiger partial charge in [-0.25, -0.2) is 17.9 Å². The maximum atomic E-state index is 12.7. The molecule has 0 aliphatic carbocycles. The Morgan fingerprint density at radius 3 is 2.37 bits per heavy atom. The van der Waals surface area contributed by atoms with Crippen LogP contribution in [0.3, 0.4) is 0 Å². The van der Waals surface area contributed by atoms with Gasteiger partial charge in [0.15, 0.2) is 0 Å². The minimum atomic E-state index is -3.87. The lowest BCUT2D eigenvalue weighted by Crippen LogP contribution is -2.40. The Morgan fingerprint density at radius 2 is 1.78 bits per heavy atom. The van der Waals surface area contributed by atoms with E-state index in [1.54, 1.807) is 20.8 Å². The highest BCUT2D eigenvalue weighted by molar-refractivity contribution is 7.89. The van der Waals surface area contributed by atoms with Crippen LogP contribution in [0.1, 0.15) is 42.3 Å². The SMILES string of the molecule is COc1ccc(C(=O)OCc2ccccc2C)cc1S(=O)(=O)NC(C)(C)C. The van der Waals surface area contributed by atoms with Crippen LogP contribution < -0.4 is 9.46 Å². The molecule has 1 N–H and O–H groups in total. The molecule has 0 amide bonds. The Morgan fingerprint density at radius 1 is 1.11 bits per heavy atom. The van der Waals surface area contributed by atoms with E-state index in [0.29, 0.717) is 0 Å². The van der Waals surface area contributed by atoms with Gasteiger partial charge in [-0.2, -0.15) is 0 Å². The van der Waals surface area contributed by atoms with E-state index < -0.39 is 21.5 Å². The lowest BCUT2D eigenvalue weighted by Gasteiger charge is -2.21. The number of methoxy groups -OCH3 is 1. The molecular weight excluding hydrogens is 366 g/mol. The third kappa shape index (κ3) is 5.55. The van der Waals surface area contributed by atoms with Gasteiger partial charge in [-0.05, 0) is 57.0 Å². The second-order valence-corrected chi connectivity index (χ2v) is 8.87. The van der Waals surface area contributed by atoms with E-state index in [1.807, 2.05) is 31.2 Å². The zero-order chi connectivity index (χ0) is 20.2. The third-order valence-corrected chi connectivity index (χ3v) is 5.53. The topological polar surface area (TPSA) is 81.7 Å². The van der Waals surface area contributed by atoms with Crippen LogP contribution in [-0.4, -0.2) is 27.0 Å². The van der Waals surface area contributed by atoms with Crippen molar-refractivity contribution in [1.82, 2.24) is 4.72 Å². The molecule has 0 spiro atoms. The number of aryl methyl sites for hydroxylation is 1. The lowest BCUT2D eigenvalue weighted by atomic mass is 10.1. The first-order chi connectivity index (χ1) is 12.5. The number of rotatable bonds is 6. The molecule has 0 aliphatic rings. The van der Waals surface area contributed by atoms with Crippen molar-refractivity contribution in [2.24, 2.45) is 0 Å². The minimum absolute atomic E-state index is 0.106. The van der Waals surface area contributed by atoms with Gasteiger partial charge in [0.05, 0.1) is 12.7 Å². The van der Waals surface area contributed by atoms with Crippen molar-refractivity contribution in [3.05, 3.63) is 59.2 Å². The molecule has 27 heavy (non-hydrogen) atoms. The molecule has 0 radical (unpaired) electrons. The van der Waals surface area contributed by atoms with E-state index in [0.717, 1.165) is 11.1 Å². The first-order valence-electron chi connectivity index (χ1n) is 8.47. The molecule has 0 atom stereocenters. The summed E-state index contributed by atoms with van der Waals surface area (Å²) in [5.74, 6) is -0.449. The minimum Gasteiger partial charge on any atom is -0.495 e. The fraction of sp³-hybridized carbons (Fsp3) is 0.350. The van der Waals surface area contributed by atoms with E-state index in [4.69, 9.17) is 9.47 Å². The number of ether oxygens (including phenoxy) is 2. The van der Waals surface area contributed by atoms with Crippen LogP contribution in [0.4, 0.5) is 0 Å². The molecule has 0 unspecified atom stereocenters. The van der Waals surface area contributed by atoms with Gasteiger partial charge in [0, 0.05) is 5.54 Å². The van der Waals surface area contributed by atoms with Gasteiger partial charge < -0.3 is 9.47 Å².